The average Bonchev–Trinajstić information content (AvgIpc) is 2.71. The molecule has 0 aliphatic carbocycles. The Morgan fingerprint density at radius 2 is 1.80 bits per heavy atom. The lowest BCUT2D eigenvalue weighted by atomic mass is 10.1. The summed E-state index contributed by atoms with van der Waals surface area (Å²) in [6, 6.07) is 13.0. The first-order valence-corrected chi connectivity index (χ1v) is 10.2. The fourth-order valence-electron chi connectivity index (χ4n) is 3.69. The Balaban J connectivity index is 1.40. The van der Waals surface area contributed by atoms with E-state index in [0.717, 1.165) is 31.9 Å². The summed E-state index contributed by atoms with van der Waals surface area (Å²) in [4.78, 5) is 16.5. The van der Waals surface area contributed by atoms with Gasteiger partial charge in [-0.3, -0.25) is 0 Å². The molecule has 0 radical (unpaired) electrons. The predicted molar refractivity (Wildman–Crippen MR) is 116 cm³/mol. The zero-order chi connectivity index (χ0) is 21.1. The van der Waals surface area contributed by atoms with E-state index in [2.05, 4.69) is 51.1 Å². The second-order valence-electron chi connectivity index (χ2n) is 7.72. The molecule has 3 aromatic rings. The fraction of sp³-hybridized carbons (Fsp3) is 0.318. The number of aromatic nitrogens is 3. The SMILES string of the molecule is Cc1ccc(Nc2nc(N)nc(C[NH+]3CCN(c4ccccc4F)CC3)n2)cc1C. The van der Waals surface area contributed by atoms with Crippen LogP contribution in [0.15, 0.2) is 42.5 Å². The number of nitrogens with one attached hydrogen (secondary N) is 2. The van der Waals surface area contributed by atoms with Crippen molar-refractivity contribution in [2.24, 2.45) is 0 Å². The van der Waals surface area contributed by atoms with Gasteiger partial charge in [-0.25, -0.2) is 4.39 Å². The molecule has 0 saturated carbocycles. The highest BCUT2D eigenvalue weighted by Gasteiger charge is 2.23. The Morgan fingerprint density at radius 1 is 1.03 bits per heavy atom. The molecular formula is C22H27FN7+. The zero-order valence-electron chi connectivity index (χ0n) is 17.3. The van der Waals surface area contributed by atoms with Gasteiger partial charge in [0.15, 0.2) is 5.82 Å². The van der Waals surface area contributed by atoms with Crippen LogP contribution in [-0.4, -0.2) is 41.1 Å². The van der Waals surface area contributed by atoms with E-state index < -0.39 is 0 Å². The van der Waals surface area contributed by atoms with Gasteiger partial charge in [0.1, 0.15) is 12.4 Å². The number of quaternary nitrogens is 1. The van der Waals surface area contributed by atoms with Gasteiger partial charge in [0.2, 0.25) is 11.9 Å². The van der Waals surface area contributed by atoms with Crippen LogP contribution in [0.1, 0.15) is 17.0 Å². The number of piperazine rings is 1. The molecular weight excluding hydrogens is 381 g/mol. The Labute approximate surface area is 175 Å². The van der Waals surface area contributed by atoms with Crippen LogP contribution in [0.2, 0.25) is 0 Å². The second kappa shape index (κ2) is 8.62. The summed E-state index contributed by atoms with van der Waals surface area (Å²) in [7, 11) is 0. The van der Waals surface area contributed by atoms with E-state index in [0.29, 0.717) is 24.0 Å². The standard InChI is InChI=1S/C22H26FN7/c1-15-7-8-17(13-16(15)2)25-22-27-20(26-21(24)28-22)14-29-9-11-30(12-10-29)19-6-4-3-5-18(19)23/h3-8,13H,9-12,14H2,1-2H3,(H3,24,25,26,27,28)/p+1. The van der Waals surface area contributed by atoms with E-state index in [9.17, 15) is 4.39 Å². The summed E-state index contributed by atoms with van der Waals surface area (Å²) >= 11 is 0. The van der Waals surface area contributed by atoms with Crippen molar-refractivity contribution in [2.45, 2.75) is 20.4 Å². The fourth-order valence-corrected chi connectivity index (χ4v) is 3.69. The maximum Gasteiger partial charge on any atom is 0.232 e. The van der Waals surface area contributed by atoms with Crippen molar-refractivity contribution in [2.75, 3.05) is 42.1 Å². The van der Waals surface area contributed by atoms with Crippen molar-refractivity contribution < 1.29 is 9.29 Å². The quantitative estimate of drug-likeness (QED) is 0.598. The second-order valence-corrected chi connectivity index (χ2v) is 7.72. The molecule has 30 heavy (non-hydrogen) atoms. The van der Waals surface area contributed by atoms with E-state index in [1.807, 2.05) is 18.2 Å². The van der Waals surface area contributed by atoms with Crippen molar-refractivity contribution in [3.05, 3.63) is 65.2 Å². The van der Waals surface area contributed by atoms with Gasteiger partial charge in [0.25, 0.3) is 0 Å². The number of nitrogen functional groups attached to an aromatic ring is 1. The average molecular weight is 409 g/mol. The monoisotopic (exact) mass is 408 g/mol. The van der Waals surface area contributed by atoms with Gasteiger partial charge in [-0.2, -0.15) is 15.0 Å². The van der Waals surface area contributed by atoms with Crippen LogP contribution in [0.25, 0.3) is 0 Å². The van der Waals surface area contributed by atoms with Crippen LogP contribution >= 0.6 is 0 Å². The van der Waals surface area contributed by atoms with Crippen LogP contribution in [0.3, 0.4) is 0 Å². The maximum absolute atomic E-state index is 14.0. The number of para-hydroxylation sites is 1. The Morgan fingerprint density at radius 3 is 2.53 bits per heavy atom. The van der Waals surface area contributed by atoms with Crippen LogP contribution in [0, 0.1) is 19.7 Å². The van der Waals surface area contributed by atoms with Gasteiger partial charge < -0.3 is 20.9 Å². The molecule has 4 N–H and O–H groups in total. The topological polar surface area (TPSA) is 84.4 Å². The summed E-state index contributed by atoms with van der Waals surface area (Å²) < 4.78 is 14.0. The summed E-state index contributed by atoms with van der Waals surface area (Å²) in [5.74, 6) is 1.14. The third-order valence-corrected chi connectivity index (χ3v) is 5.53. The molecule has 1 fully saturated rings. The molecule has 8 heteroatoms. The molecule has 0 bridgehead atoms. The number of nitrogens with two attached hydrogens (primary N) is 1. The Hall–Kier alpha value is -3.26. The molecule has 0 spiro atoms. The van der Waals surface area contributed by atoms with Crippen molar-refractivity contribution in [3.8, 4) is 0 Å². The number of anilines is 4. The van der Waals surface area contributed by atoms with Gasteiger partial charge in [0.05, 0.1) is 31.9 Å². The van der Waals surface area contributed by atoms with Gasteiger partial charge >= 0.3 is 0 Å². The highest BCUT2D eigenvalue weighted by Crippen LogP contribution is 2.19. The minimum absolute atomic E-state index is 0.173. The molecule has 1 aliphatic heterocycles. The molecule has 0 unspecified atom stereocenters. The molecule has 0 atom stereocenters. The normalized spacial score (nSPS) is 14.7. The lowest BCUT2D eigenvalue weighted by Crippen LogP contribution is -3.13. The first kappa shape index (κ1) is 20.0. The number of rotatable bonds is 5. The van der Waals surface area contributed by atoms with E-state index in [-0.39, 0.29) is 11.8 Å². The van der Waals surface area contributed by atoms with E-state index in [1.165, 1.54) is 22.1 Å². The molecule has 156 valence electrons. The van der Waals surface area contributed by atoms with Crippen LogP contribution in [-0.2, 0) is 6.54 Å². The van der Waals surface area contributed by atoms with Crippen LogP contribution in [0.4, 0.5) is 27.7 Å². The van der Waals surface area contributed by atoms with E-state index >= 15 is 0 Å². The first-order valence-electron chi connectivity index (χ1n) is 10.2. The summed E-state index contributed by atoms with van der Waals surface area (Å²) in [6.07, 6.45) is 0. The highest BCUT2D eigenvalue weighted by molar-refractivity contribution is 5.56. The smallest absolute Gasteiger partial charge is 0.232 e. The van der Waals surface area contributed by atoms with Gasteiger partial charge in [-0.1, -0.05) is 18.2 Å². The molecule has 0 amide bonds. The third kappa shape index (κ3) is 4.65. The molecule has 4 rings (SSSR count). The van der Waals surface area contributed by atoms with Crippen molar-refractivity contribution >= 4 is 23.3 Å². The maximum atomic E-state index is 14.0. The van der Waals surface area contributed by atoms with E-state index in [1.54, 1.807) is 6.07 Å². The van der Waals surface area contributed by atoms with Crippen LogP contribution in [0.5, 0.6) is 0 Å². The molecule has 1 aromatic heterocycles. The summed E-state index contributed by atoms with van der Waals surface area (Å²) in [5, 5.41) is 3.22. The van der Waals surface area contributed by atoms with Gasteiger partial charge in [-0.15, -0.1) is 0 Å². The highest BCUT2D eigenvalue weighted by atomic mass is 19.1. The van der Waals surface area contributed by atoms with Gasteiger partial charge in [0, 0.05) is 5.69 Å². The lowest BCUT2D eigenvalue weighted by Gasteiger charge is -2.33. The Bertz CT molecular complexity index is 1030. The van der Waals surface area contributed by atoms with Crippen molar-refractivity contribution in [1.29, 1.82) is 0 Å². The molecule has 2 heterocycles. The molecule has 1 aliphatic rings. The number of hydrogen-bond acceptors (Lipinski definition) is 6. The first-order chi connectivity index (χ1) is 14.5. The molecule has 7 nitrogen and oxygen atoms in total. The van der Waals surface area contributed by atoms with Crippen molar-refractivity contribution in [3.63, 3.8) is 0 Å². The molecule has 2 aromatic carbocycles. The van der Waals surface area contributed by atoms with Crippen LogP contribution < -0.4 is 20.9 Å². The number of halogens is 1. The van der Waals surface area contributed by atoms with Crippen molar-refractivity contribution in [1.82, 2.24) is 15.0 Å². The number of hydrogen-bond donors (Lipinski definition) is 3. The zero-order valence-corrected chi connectivity index (χ0v) is 17.3. The third-order valence-electron chi connectivity index (χ3n) is 5.53. The minimum atomic E-state index is -0.173. The predicted octanol–water partition coefficient (Wildman–Crippen LogP) is 1.86. The largest absolute Gasteiger partial charge is 0.368 e. The lowest BCUT2D eigenvalue weighted by molar-refractivity contribution is -0.915. The number of benzene rings is 2. The minimum Gasteiger partial charge on any atom is -0.368 e. The van der Waals surface area contributed by atoms with Gasteiger partial charge in [-0.05, 0) is 49.2 Å². The number of aryl methyl sites for hydroxylation is 2. The Kier molecular flexibility index (Phi) is 5.76. The van der Waals surface area contributed by atoms with E-state index in [4.69, 9.17) is 5.73 Å². The summed E-state index contributed by atoms with van der Waals surface area (Å²) in [6.45, 7) is 8.11. The summed E-state index contributed by atoms with van der Waals surface area (Å²) in [5.41, 5.74) is 9.94. The molecule has 1 saturated heterocycles. The number of nitrogens with zero attached hydrogens (tertiary/aromatic N) is 4.